The first kappa shape index (κ1) is 26.6. The molecule has 0 aromatic heterocycles. The van der Waals surface area contributed by atoms with Crippen molar-refractivity contribution in [2.45, 2.75) is 70.8 Å². The van der Waals surface area contributed by atoms with Gasteiger partial charge in [-0.15, -0.1) is 0 Å². The molecule has 2 atom stereocenters. The van der Waals surface area contributed by atoms with Crippen molar-refractivity contribution in [3.63, 3.8) is 0 Å². The van der Waals surface area contributed by atoms with E-state index in [0.717, 1.165) is 0 Å². The summed E-state index contributed by atoms with van der Waals surface area (Å²) >= 11 is 0. The number of alkyl carbamates (subject to hydrolysis) is 1. The van der Waals surface area contributed by atoms with Gasteiger partial charge >= 0.3 is 6.09 Å². The van der Waals surface area contributed by atoms with E-state index in [1.54, 1.807) is 34.6 Å². The van der Waals surface area contributed by atoms with E-state index in [-0.39, 0.29) is 12.5 Å². The first-order chi connectivity index (χ1) is 14.3. The summed E-state index contributed by atoms with van der Waals surface area (Å²) in [7, 11) is 1.42. The summed E-state index contributed by atoms with van der Waals surface area (Å²) in [6.45, 7) is 8.74. The number of methoxy groups -OCH3 is 1. The molecule has 0 fully saturated rings. The second kappa shape index (κ2) is 11.9. The van der Waals surface area contributed by atoms with Gasteiger partial charge in [-0.25, -0.2) is 9.18 Å². The fraction of sp³-hybridized carbons (Fsp3) is 0.636. The Morgan fingerprint density at radius 1 is 1.13 bits per heavy atom. The minimum Gasteiger partial charge on any atom is -0.491 e. The Labute approximate surface area is 183 Å². The van der Waals surface area contributed by atoms with Crippen LogP contribution in [-0.2, 0) is 14.3 Å². The van der Waals surface area contributed by atoms with Crippen molar-refractivity contribution in [2.24, 2.45) is 0 Å². The van der Waals surface area contributed by atoms with Gasteiger partial charge in [0.1, 0.15) is 35.5 Å². The maximum Gasteiger partial charge on any atom is 0.407 e. The second-order valence-corrected chi connectivity index (χ2v) is 8.70. The van der Waals surface area contributed by atoms with E-state index in [0.29, 0.717) is 25.1 Å². The van der Waals surface area contributed by atoms with E-state index in [9.17, 15) is 19.1 Å². The molecule has 1 aromatic rings. The molecule has 0 aliphatic heterocycles. The molecule has 0 radical (unpaired) electrons. The number of aliphatic hydroxyl groups excluding tert-OH is 1. The molecule has 0 saturated carbocycles. The minimum atomic E-state index is -1.08. The van der Waals surface area contributed by atoms with Gasteiger partial charge in [0.25, 0.3) is 5.91 Å². The topological polar surface area (TPSA) is 106 Å². The van der Waals surface area contributed by atoms with E-state index in [1.165, 1.54) is 31.4 Å². The lowest BCUT2D eigenvalue weighted by Gasteiger charge is -2.29. The number of carbonyl (C=O) groups is 2. The molecule has 0 bridgehead atoms. The van der Waals surface area contributed by atoms with Crippen LogP contribution >= 0.6 is 0 Å². The highest BCUT2D eigenvalue weighted by atomic mass is 19.1. The molecule has 1 aromatic carbocycles. The minimum absolute atomic E-state index is 0.108. The normalized spacial score (nSPS) is 13.8. The lowest BCUT2D eigenvalue weighted by atomic mass is 10.0. The molecule has 0 saturated heterocycles. The van der Waals surface area contributed by atoms with Crippen LogP contribution in [0.3, 0.4) is 0 Å². The standard InChI is InChI=1S/C22H35FN2O6/c1-21(2,3)31-20(28)24-13-7-8-17(25-19(27)22(4,5)29-6)18(26)14-30-16-11-9-15(23)10-12-16/h9-12,17-18,26H,7-8,13-14H2,1-6H3,(H,24,28)(H,25,27). The van der Waals surface area contributed by atoms with Crippen LogP contribution < -0.4 is 15.4 Å². The molecule has 0 spiro atoms. The molecule has 31 heavy (non-hydrogen) atoms. The van der Waals surface area contributed by atoms with E-state index in [4.69, 9.17) is 14.2 Å². The van der Waals surface area contributed by atoms with Crippen LogP contribution in [0.15, 0.2) is 24.3 Å². The van der Waals surface area contributed by atoms with Gasteiger partial charge in [-0.05, 0) is 71.7 Å². The number of amides is 2. The zero-order valence-electron chi connectivity index (χ0n) is 19.2. The van der Waals surface area contributed by atoms with Crippen molar-refractivity contribution in [3.05, 3.63) is 30.1 Å². The van der Waals surface area contributed by atoms with Crippen molar-refractivity contribution < 1.29 is 33.3 Å². The Bertz CT molecular complexity index is 703. The summed E-state index contributed by atoms with van der Waals surface area (Å²) in [4.78, 5) is 24.3. The molecule has 9 heteroatoms. The van der Waals surface area contributed by atoms with Crippen LogP contribution in [0, 0.1) is 5.82 Å². The van der Waals surface area contributed by atoms with Crippen molar-refractivity contribution in [3.8, 4) is 5.75 Å². The Hall–Kier alpha value is -2.39. The highest BCUT2D eigenvalue weighted by molar-refractivity contribution is 5.84. The summed E-state index contributed by atoms with van der Waals surface area (Å²) < 4.78 is 28.9. The average Bonchev–Trinajstić information content (AvgIpc) is 2.68. The SMILES string of the molecule is COC(C)(C)C(=O)NC(CCCNC(=O)OC(C)(C)C)C(O)COc1ccc(F)cc1. The van der Waals surface area contributed by atoms with Crippen LogP contribution in [0.25, 0.3) is 0 Å². The molecule has 8 nitrogen and oxygen atoms in total. The maximum absolute atomic E-state index is 13.0. The molecular formula is C22H35FN2O6. The third-order valence-corrected chi connectivity index (χ3v) is 4.43. The molecule has 2 amide bonds. The number of nitrogens with one attached hydrogen (secondary N) is 2. The Balaban J connectivity index is 2.66. The Kier molecular flexibility index (Phi) is 10.2. The van der Waals surface area contributed by atoms with Gasteiger partial charge in [-0.2, -0.15) is 0 Å². The molecule has 0 aliphatic carbocycles. The third-order valence-electron chi connectivity index (χ3n) is 4.43. The molecule has 1 rings (SSSR count). The molecule has 0 aliphatic rings. The largest absolute Gasteiger partial charge is 0.491 e. The van der Waals surface area contributed by atoms with Gasteiger partial charge in [0.15, 0.2) is 0 Å². The maximum atomic E-state index is 13.0. The average molecular weight is 443 g/mol. The lowest BCUT2D eigenvalue weighted by Crippen LogP contribution is -2.53. The van der Waals surface area contributed by atoms with Crippen molar-refractivity contribution >= 4 is 12.0 Å². The van der Waals surface area contributed by atoms with Gasteiger partial charge in [0.2, 0.25) is 0 Å². The van der Waals surface area contributed by atoms with Crippen LogP contribution in [0.4, 0.5) is 9.18 Å². The summed E-state index contributed by atoms with van der Waals surface area (Å²) in [6.07, 6.45) is -0.725. The summed E-state index contributed by atoms with van der Waals surface area (Å²) in [5, 5.41) is 16.0. The molecule has 176 valence electrons. The van der Waals surface area contributed by atoms with Crippen LogP contribution in [0.5, 0.6) is 5.75 Å². The summed E-state index contributed by atoms with van der Waals surface area (Å²) in [5.41, 5.74) is -1.68. The predicted molar refractivity (Wildman–Crippen MR) is 114 cm³/mol. The summed E-state index contributed by atoms with van der Waals surface area (Å²) in [6, 6.07) is 4.76. The molecule has 3 N–H and O–H groups in total. The number of ether oxygens (including phenoxy) is 3. The second-order valence-electron chi connectivity index (χ2n) is 8.70. The fourth-order valence-electron chi connectivity index (χ4n) is 2.45. The van der Waals surface area contributed by atoms with Gasteiger partial charge in [-0.3, -0.25) is 4.79 Å². The number of rotatable bonds is 11. The number of halogens is 1. The number of hydrogen-bond donors (Lipinski definition) is 3. The van der Waals surface area contributed by atoms with Crippen LogP contribution in [-0.4, -0.2) is 60.7 Å². The van der Waals surface area contributed by atoms with Gasteiger partial charge < -0.3 is 30.0 Å². The monoisotopic (exact) mass is 442 g/mol. The van der Waals surface area contributed by atoms with Gasteiger partial charge in [0.05, 0.1) is 6.04 Å². The fourth-order valence-corrected chi connectivity index (χ4v) is 2.45. The first-order valence-corrected chi connectivity index (χ1v) is 10.2. The van der Waals surface area contributed by atoms with E-state index in [2.05, 4.69) is 10.6 Å². The van der Waals surface area contributed by atoms with E-state index in [1.807, 2.05) is 0 Å². The van der Waals surface area contributed by atoms with Crippen molar-refractivity contribution in [2.75, 3.05) is 20.3 Å². The zero-order valence-corrected chi connectivity index (χ0v) is 19.2. The van der Waals surface area contributed by atoms with Gasteiger partial charge in [-0.1, -0.05) is 0 Å². The smallest absolute Gasteiger partial charge is 0.407 e. The number of aliphatic hydroxyl groups is 1. The van der Waals surface area contributed by atoms with Crippen LogP contribution in [0.1, 0.15) is 47.5 Å². The van der Waals surface area contributed by atoms with Crippen LogP contribution in [0.2, 0.25) is 0 Å². The molecular weight excluding hydrogens is 407 g/mol. The molecule has 0 heterocycles. The lowest BCUT2D eigenvalue weighted by molar-refractivity contribution is -0.141. The number of benzene rings is 1. The number of carbonyl (C=O) groups excluding carboxylic acids is 2. The highest BCUT2D eigenvalue weighted by Crippen LogP contribution is 2.14. The predicted octanol–water partition coefficient (Wildman–Crippen LogP) is 2.78. The first-order valence-electron chi connectivity index (χ1n) is 10.2. The van der Waals surface area contributed by atoms with E-state index >= 15 is 0 Å². The third kappa shape index (κ3) is 10.5. The van der Waals surface area contributed by atoms with Crippen molar-refractivity contribution in [1.29, 1.82) is 0 Å². The van der Waals surface area contributed by atoms with E-state index < -0.39 is 35.3 Å². The Morgan fingerprint density at radius 2 is 1.74 bits per heavy atom. The Morgan fingerprint density at radius 3 is 2.29 bits per heavy atom. The summed E-state index contributed by atoms with van der Waals surface area (Å²) in [5.74, 6) is -0.382. The zero-order chi connectivity index (χ0) is 23.7. The quantitative estimate of drug-likeness (QED) is 0.455. The highest BCUT2D eigenvalue weighted by Gasteiger charge is 2.31. The number of hydrogen-bond acceptors (Lipinski definition) is 6. The van der Waals surface area contributed by atoms with Gasteiger partial charge in [0, 0.05) is 13.7 Å². The molecule has 2 unspecified atom stereocenters. The van der Waals surface area contributed by atoms with Crippen molar-refractivity contribution in [1.82, 2.24) is 10.6 Å².